The second-order valence-electron chi connectivity index (χ2n) is 9.84. The van der Waals surface area contributed by atoms with Gasteiger partial charge in [0.25, 0.3) is 0 Å². The first-order valence-electron chi connectivity index (χ1n) is 12.0. The molecule has 0 saturated heterocycles. The molecule has 3 aromatic rings. The Kier molecular flexibility index (Phi) is 7.47. The van der Waals surface area contributed by atoms with Crippen LogP contribution >= 0.6 is 0 Å². The molecule has 3 N–H and O–H groups in total. The van der Waals surface area contributed by atoms with Gasteiger partial charge in [0, 0.05) is 12.5 Å². The van der Waals surface area contributed by atoms with Gasteiger partial charge < -0.3 is 25.2 Å². The van der Waals surface area contributed by atoms with Crippen molar-refractivity contribution >= 4 is 18.2 Å². The first-order chi connectivity index (χ1) is 17.6. The topological polar surface area (TPSA) is 114 Å². The predicted molar refractivity (Wildman–Crippen MR) is 138 cm³/mol. The number of ether oxygens (including phenoxy) is 2. The van der Waals surface area contributed by atoms with Crippen molar-refractivity contribution in [3.8, 4) is 11.1 Å². The molecule has 0 spiro atoms. The van der Waals surface area contributed by atoms with Crippen LogP contribution in [0.4, 0.5) is 9.59 Å². The third kappa shape index (κ3) is 6.27. The number of nitrogens with one attached hydrogen (secondary N) is 2. The number of aliphatic carboxylic acids is 1. The molecule has 1 unspecified atom stereocenters. The molecule has 1 atom stereocenters. The lowest BCUT2D eigenvalue weighted by atomic mass is 9.98. The van der Waals surface area contributed by atoms with E-state index in [9.17, 15) is 19.5 Å². The fourth-order valence-electron chi connectivity index (χ4n) is 4.36. The molecular weight excluding hydrogens is 472 g/mol. The standard InChI is InChI=1S/C29H30N2O6/c1-29(2,3)37-28(35)31-25(26(32)33)19-14-12-18(13-15-19)16-30-27(34)36-17-24-22-10-6-4-8-20(22)21-9-5-7-11-23(21)24/h4-15,24-25H,16-17H2,1-3H3,(H,30,34)(H,31,35)(H,32,33). The van der Waals surface area contributed by atoms with Crippen molar-refractivity contribution in [1.29, 1.82) is 0 Å². The Morgan fingerprint density at radius 1 is 0.865 bits per heavy atom. The summed E-state index contributed by atoms with van der Waals surface area (Å²) in [5.41, 5.74) is 4.98. The lowest BCUT2D eigenvalue weighted by Crippen LogP contribution is -2.38. The van der Waals surface area contributed by atoms with Crippen molar-refractivity contribution < 1.29 is 29.0 Å². The lowest BCUT2D eigenvalue weighted by Gasteiger charge is -2.22. The van der Waals surface area contributed by atoms with Crippen LogP contribution in [-0.2, 0) is 20.8 Å². The first-order valence-corrected chi connectivity index (χ1v) is 12.0. The number of amides is 2. The van der Waals surface area contributed by atoms with Gasteiger partial charge in [-0.25, -0.2) is 14.4 Å². The predicted octanol–water partition coefficient (Wildman–Crippen LogP) is 5.38. The van der Waals surface area contributed by atoms with Crippen molar-refractivity contribution in [2.75, 3.05) is 6.61 Å². The van der Waals surface area contributed by atoms with E-state index < -0.39 is 29.8 Å². The van der Waals surface area contributed by atoms with Gasteiger partial charge in [-0.3, -0.25) is 0 Å². The van der Waals surface area contributed by atoms with Crippen LogP contribution in [0.2, 0.25) is 0 Å². The Labute approximate surface area is 215 Å². The van der Waals surface area contributed by atoms with Gasteiger partial charge in [-0.05, 0) is 54.2 Å². The quantitative estimate of drug-likeness (QED) is 0.400. The van der Waals surface area contributed by atoms with E-state index in [4.69, 9.17) is 9.47 Å². The van der Waals surface area contributed by atoms with Gasteiger partial charge >= 0.3 is 18.2 Å². The van der Waals surface area contributed by atoms with Crippen LogP contribution in [-0.4, -0.2) is 35.5 Å². The smallest absolute Gasteiger partial charge is 0.408 e. The van der Waals surface area contributed by atoms with E-state index in [1.165, 1.54) is 0 Å². The number of carbonyl (C=O) groups is 3. The highest BCUT2D eigenvalue weighted by Crippen LogP contribution is 2.44. The summed E-state index contributed by atoms with van der Waals surface area (Å²) in [6, 6.07) is 21.5. The maximum absolute atomic E-state index is 12.4. The molecule has 37 heavy (non-hydrogen) atoms. The van der Waals surface area contributed by atoms with Crippen molar-refractivity contribution in [2.45, 2.75) is 44.9 Å². The summed E-state index contributed by atoms with van der Waals surface area (Å²) >= 11 is 0. The van der Waals surface area contributed by atoms with Gasteiger partial charge in [0.05, 0.1) is 0 Å². The molecule has 0 aliphatic heterocycles. The minimum atomic E-state index is -1.26. The number of carboxylic acid groups (broad SMARTS) is 1. The number of hydrogen-bond acceptors (Lipinski definition) is 5. The number of hydrogen-bond donors (Lipinski definition) is 3. The summed E-state index contributed by atoms with van der Waals surface area (Å²) in [5, 5.41) is 14.6. The zero-order chi connectivity index (χ0) is 26.6. The van der Waals surface area contributed by atoms with Crippen molar-refractivity contribution in [3.63, 3.8) is 0 Å². The highest BCUT2D eigenvalue weighted by atomic mass is 16.6. The van der Waals surface area contributed by atoms with Crippen LogP contribution in [0.25, 0.3) is 11.1 Å². The summed E-state index contributed by atoms with van der Waals surface area (Å²) in [6.07, 6.45) is -1.36. The average Bonchev–Trinajstić information content (AvgIpc) is 3.18. The molecule has 0 heterocycles. The maximum Gasteiger partial charge on any atom is 0.408 e. The Balaban J connectivity index is 1.32. The largest absolute Gasteiger partial charge is 0.479 e. The van der Waals surface area contributed by atoms with Crippen molar-refractivity contribution in [2.24, 2.45) is 0 Å². The average molecular weight is 503 g/mol. The molecule has 1 aliphatic carbocycles. The highest BCUT2D eigenvalue weighted by molar-refractivity contribution is 5.81. The molecule has 3 aromatic carbocycles. The Morgan fingerprint density at radius 2 is 1.43 bits per heavy atom. The van der Waals surface area contributed by atoms with Crippen LogP contribution in [0.1, 0.15) is 55.0 Å². The second-order valence-corrected chi connectivity index (χ2v) is 9.84. The van der Waals surface area contributed by atoms with Gasteiger partial charge in [0.15, 0.2) is 6.04 Å². The van der Waals surface area contributed by atoms with E-state index >= 15 is 0 Å². The molecule has 0 radical (unpaired) electrons. The molecule has 0 fully saturated rings. The number of carboxylic acids is 1. The van der Waals surface area contributed by atoms with E-state index in [1.54, 1.807) is 45.0 Å². The van der Waals surface area contributed by atoms with Gasteiger partial charge in [-0.1, -0.05) is 72.8 Å². The van der Waals surface area contributed by atoms with Crippen LogP contribution in [0, 0.1) is 0 Å². The number of alkyl carbamates (subject to hydrolysis) is 2. The second kappa shape index (κ2) is 10.7. The number of fused-ring (bicyclic) bond motifs is 3. The van der Waals surface area contributed by atoms with E-state index in [0.29, 0.717) is 5.56 Å². The summed E-state index contributed by atoms with van der Waals surface area (Å²) < 4.78 is 10.7. The molecule has 0 saturated carbocycles. The van der Waals surface area contributed by atoms with Crippen molar-refractivity contribution in [3.05, 3.63) is 95.1 Å². The van der Waals surface area contributed by atoms with Crippen LogP contribution in [0.3, 0.4) is 0 Å². The molecule has 4 rings (SSSR count). The van der Waals surface area contributed by atoms with Gasteiger partial charge in [-0.15, -0.1) is 0 Å². The number of benzene rings is 3. The Bertz CT molecular complexity index is 1250. The van der Waals surface area contributed by atoms with E-state index in [0.717, 1.165) is 27.8 Å². The zero-order valence-corrected chi connectivity index (χ0v) is 21.0. The summed E-state index contributed by atoms with van der Waals surface area (Å²) in [5.74, 6) is -1.24. The summed E-state index contributed by atoms with van der Waals surface area (Å²) in [4.78, 5) is 36.1. The highest BCUT2D eigenvalue weighted by Gasteiger charge is 2.29. The molecule has 0 aromatic heterocycles. The number of rotatable bonds is 7. The minimum Gasteiger partial charge on any atom is -0.479 e. The van der Waals surface area contributed by atoms with E-state index in [-0.39, 0.29) is 19.1 Å². The van der Waals surface area contributed by atoms with Crippen molar-refractivity contribution in [1.82, 2.24) is 10.6 Å². The van der Waals surface area contributed by atoms with Gasteiger partial charge in [0.2, 0.25) is 0 Å². The van der Waals surface area contributed by atoms with Gasteiger partial charge in [0.1, 0.15) is 12.2 Å². The van der Waals surface area contributed by atoms with Crippen LogP contribution in [0.15, 0.2) is 72.8 Å². The van der Waals surface area contributed by atoms with E-state index in [2.05, 4.69) is 34.9 Å². The monoisotopic (exact) mass is 502 g/mol. The van der Waals surface area contributed by atoms with E-state index in [1.807, 2.05) is 24.3 Å². The third-order valence-corrected chi connectivity index (χ3v) is 6.00. The molecule has 8 heteroatoms. The first kappa shape index (κ1) is 25.8. The molecule has 0 bridgehead atoms. The molecule has 192 valence electrons. The fraction of sp³-hybridized carbons (Fsp3) is 0.276. The summed E-state index contributed by atoms with van der Waals surface area (Å²) in [7, 11) is 0. The normalized spacial score (nSPS) is 13.2. The zero-order valence-electron chi connectivity index (χ0n) is 21.0. The Morgan fingerprint density at radius 3 is 1.97 bits per heavy atom. The third-order valence-electron chi connectivity index (χ3n) is 6.00. The summed E-state index contributed by atoms with van der Waals surface area (Å²) in [6.45, 7) is 5.51. The minimum absolute atomic E-state index is 0.0251. The van der Waals surface area contributed by atoms with Crippen LogP contribution < -0.4 is 10.6 Å². The molecular formula is C29H30N2O6. The molecule has 1 aliphatic rings. The lowest BCUT2D eigenvalue weighted by molar-refractivity contribution is -0.139. The molecule has 8 nitrogen and oxygen atoms in total. The SMILES string of the molecule is CC(C)(C)OC(=O)NC(C(=O)O)c1ccc(CNC(=O)OCC2c3ccccc3-c3ccccc32)cc1. The number of carbonyl (C=O) groups excluding carboxylic acids is 2. The fourth-order valence-corrected chi connectivity index (χ4v) is 4.36. The molecule has 2 amide bonds. The maximum atomic E-state index is 12.4. The van der Waals surface area contributed by atoms with Crippen LogP contribution in [0.5, 0.6) is 0 Å². The Hall–Kier alpha value is -4.33. The van der Waals surface area contributed by atoms with Gasteiger partial charge in [-0.2, -0.15) is 0 Å².